The summed E-state index contributed by atoms with van der Waals surface area (Å²) in [6, 6.07) is 4.45. The van der Waals surface area contributed by atoms with E-state index < -0.39 is 0 Å². The van der Waals surface area contributed by atoms with E-state index in [1.807, 2.05) is 0 Å². The van der Waals surface area contributed by atoms with Gasteiger partial charge < -0.3 is 10.5 Å². The molecule has 0 radical (unpaired) electrons. The molecule has 1 unspecified atom stereocenters. The fourth-order valence-electron chi connectivity index (χ4n) is 3.61. The van der Waals surface area contributed by atoms with Gasteiger partial charge in [-0.25, -0.2) is 0 Å². The third-order valence-electron chi connectivity index (χ3n) is 4.99. The lowest BCUT2D eigenvalue weighted by Crippen LogP contribution is -2.52. The highest BCUT2D eigenvalue weighted by molar-refractivity contribution is 5.50. The van der Waals surface area contributed by atoms with Crippen LogP contribution in [0.15, 0.2) is 12.1 Å². The van der Waals surface area contributed by atoms with Gasteiger partial charge in [0.25, 0.3) is 0 Å². The van der Waals surface area contributed by atoms with Crippen LogP contribution in [0.3, 0.4) is 0 Å². The standard InChI is InChI=1S/C16H24N2O/c1-12-5-6-14-15(13(12)2)19-10-7-16(14,11-17)18-8-3-4-9-18/h5-6H,3-4,7-11,17H2,1-2H3. The maximum absolute atomic E-state index is 6.22. The Morgan fingerprint density at radius 3 is 2.68 bits per heavy atom. The first-order valence-corrected chi connectivity index (χ1v) is 7.37. The molecule has 1 aromatic carbocycles. The Labute approximate surface area is 115 Å². The Hall–Kier alpha value is -1.06. The second-order valence-corrected chi connectivity index (χ2v) is 5.91. The molecule has 1 fully saturated rings. The van der Waals surface area contributed by atoms with Gasteiger partial charge in [-0.2, -0.15) is 0 Å². The number of aryl methyl sites for hydroxylation is 1. The minimum atomic E-state index is 0.00252. The molecule has 104 valence electrons. The first-order valence-electron chi connectivity index (χ1n) is 7.37. The second-order valence-electron chi connectivity index (χ2n) is 5.91. The van der Waals surface area contributed by atoms with Crippen molar-refractivity contribution >= 4 is 0 Å². The van der Waals surface area contributed by atoms with Crippen LogP contribution in [0.25, 0.3) is 0 Å². The maximum Gasteiger partial charge on any atom is 0.127 e. The predicted octanol–water partition coefficient (Wildman–Crippen LogP) is 2.34. The lowest BCUT2D eigenvalue weighted by molar-refractivity contribution is 0.0693. The summed E-state index contributed by atoms with van der Waals surface area (Å²) in [6.45, 7) is 8.11. The van der Waals surface area contributed by atoms with Gasteiger partial charge in [0.2, 0.25) is 0 Å². The fraction of sp³-hybridized carbons (Fsp3) is 0.625. The van der Waals surface area contributed by atoms with Crippen LogP contribution in [-0.4, -0.2) is 31.1 Å². The smallest absolute Gasteiger partial charge is 0.127 e. The van der Waals surface area contributed by atoms with E-state index in [0.29, 0.717) is 6.54 Å². The van der Waals surface area contributed by atoms with Crippen LogP contribution in [0.2, 0.25) is 0 Å². The largest absolute Gasteiger partial charge is 0.493 e. The van der Waals surface area contributed by atoms with Crippen LogP contribution >= 0.6 is 0 Å². The first-order chi connectivity index (χ1) is 9.19. The summed E-state index contributed by atoms with van der Waals surface area (Å²) in [5.74, 6) is 1.09. The summed E-state index contributed by atoms with van der Waals surface area (Å²) >= 11 is 0. The lowest BCUT2D eigenvalue weighted by atomic mass is 9.81. The van der Waals surface area contributed by atoms with Gasteiger partial charge in [0.15, 0.2) is 0 Å². The topological polar surface area (TPSA) is 38.5 Å². The number of likely N-dealkylation sites (tertiary alicyclic amines) is 1. The Morgan fingerprint density at radius 1 is 1.26 bits per heavy atom. The summed E-state index contributed by atoms with van der Waals surface area (Å²) in [7, 11) is 0. The Bertz CT molecular complexity index is 480. The van der Waals surface area contributed by atoms with E-state index in [9.17, 15) is 0 Å². The quantitative estimate of drug-likeness (QED) is 0.887. The van der Waals surface area contributed by atoms with Crippen molar-refractivity contribution in [3.63, 3.8) is 0 Å². The van der Waals surface area contributed by atoms with Gasteiger partial charge in [-0.15, -0.1) is 0 Å². The van der Waals surface area contributed by atoms with Gasteiger partial charge in [0.05, 0.1) is 12.1 Å². The van der Waals surface area contributed by atoms with Crippen LogP contribution in [0, 0.1) is 13.8 Å². The molecule has 0 amide bonds. The molecule has 2 N–H and O–H groups in total. The molecule has 3 rings (SSSR count). The average molecular weight is 260 g/mol. The Balaban J connectivity index is 2.12. The highest BCUT2D eigenvalue weighted by Crippen LogP contribution is 2.44. The molecule has 0 bridgehead atoms. The molecule has 19 heavy (non-hydrogen) atoms. The maximum atomic E-state index is 6.22. The Morgan fingerprint density at radius 2 is 2.00 bits per heavy atom. The third-order valence-corrected chi connectivity index (χ3v) is 4.99. The average Bonchev–Trinajstić information content (AvgIpc) is 2.97. The van der Waals surface area contributed by atoms with Crippen LogP contribution in [0.4, 0.5) is 0 Å². The van der Waals surface area contributed by atoms with E-state index in [1.165, 1.54) is 42.6 Å². The highest BCUT2D eigenvalue weighted by Gasteiger charge is 2.43. The molecule has 0 aromatic heterocycles. The minimum Gasteiger partial charge on any atom is -0.493 e. The van der Waals surface area contributed by atoms with E-state index in [2.05, 4.69) is 30.9 Å². The Kier molecular flexibility index (Phi) is 3.27. The van der Waals surface area contributed by atoms with Crippen molar-refractivity contribution in [3.05, 3.63) is 28.8 Å². The van der Waals surface area contributed by atoms with Gasteiger partial charge in [-0.3, -0.25) is 4.90 Å². The van der Waals surface area contributed by atoms with Crippen molar-refractivity contribution in [3.8, 4) is 5.75 Å². The molecule has 3 heteroatoms. The number of rotatable bonds is 2. The molecule has 0 aliphatic carbocycles. The third kappa shape index (κ3) is 1.87. The van der Waals surface area contributed by atoms with Crippen molar-refractivity contribution in [2.75, 3.05) is 26.2 Å². The van der Waals surface area contributed by atoms with E-state index in [-0.39, 0.29) is 5.54 Å². The van der Waals surface area contributed by atoms with Crippen LogP contribution < -0.4 is 10.5 Å². The zero-order chi connectivity index (χ0) is 13.5. The minimum absolute atomic E-state index is 0.00252. The number of hydrogen-bond acceptors (Lipinski definition) is 3. The number of fused-ring (bicyclic) bond motifs is 1. The van der Waals surface area contributed by atoms with E-state index >= 15 is 0 Å². The molecule has 1 saturated heterocycles. The normalized spacial score (nSPS) is 27.1. The van der Waals surface area contributed by atoms with Crippen molar-refractivity contribution in [1.29, 1.82) is 0 Å². The molecule has 1 aromatic rings. The van der Waals surface area contributed by atoms with Gasteiger partial charge in [-0.1, -0.05) is 12.1 Å². The summed E-state index contributed by atoms with van der Waals surface area (Å²) in [6.07, 6.45) is 3.60. The van der Waals surface area contributed by atoms with Gasteiger partial charge in [0.1, 0.15) is 5.75 Å². The fourth-order valence-corrected chi connectivity index (χ4v) is 3.61. The molecule has 2 heterocycles. The van der Waals surface area contributed by atoms with E-state index in [4.69, 9.17) is 10.5 Å². The molecule has 2 aliphatic rings. The number of nitrogens with two attached hydrogens (primary N) is 1. The lowest BCUT2D eigenvalue weighted by Gasteiger charge is -2.45. The zero-order valence-electron chi connectivity index (χ0n) is 12.0. The molecule has 0 spiro atoms. The van der Waals surface area contributed by atoms with Crippen LogP contribution in [-0.2, 0) is 5.54 Å². The van der Waals surface area contributed by atoms with Crippen molar-refractivity contribution in [2.45, 2.75) is 38.6 Å². The summed E-state index contributed by atoms with van der Waals surface area (Å²) in [4.78, 5) is 2.59. The van der Waals surface area contributed by atoms with Crippen LogP contribution in [0.5, 0.6) is 5.75 Å². The molecule has 3 nitrogen and oxygen atoms in total. The monoisotopic (exact) mass is 260 g/mol. The highest BCUT2D eigenvalue weighted by atomic mass is 16.5. The van der Waals surface area contributed by atoms with Crippen molar-refractivity contribution < 1.29 is 4.74 Å². The van der Waals surface area contributed by atoms with Crippen LogP contribution in [0.1, 0.15) is 36.0 Å². The van der Waals surface area contributed by atoms with Gasteiger partial charge in [0, 0.05) is 18.5 Å². The SMILES string of the molecule is Cc1ccc2c(c1C)OCCC2(CN)N1CCCC1. The van der Waals surface area contributed by atoms with Gasteiger partial charge >= 0.3 is 0 Å². The van der Waals surface area contributed by atoms with E-state index in [1.54, 1.807) is 0 Å². The predicted molar refractivity (Wildman–Crippen MR) is 77.6 cm³/mol. The summed E-state index contributed by atoms with van der Waals surface area (Å²) in [5.41, 5.74) is 10.1. The number of benzene rings is 1. The molecule has 2 aliphatic heterocycles. The van der Waals surface area contributed by atoms with Crippen molar-refractivity contribution in [2.24, 2.45) is 5.73 Å². The molecule has 0 saturated carbocycles. The molecule has 1 atom stereocenters. The number of ether oxygens (including phenoxy) is 1. The molecular weight excluding hydrogens is 236 g/mol. The first kappa shape index (κ1) is 12.9. The van der Waals surface area contributed by atoms with Gasteiger partial charge in [-0.05, 0) is 50.9 Å². The zero-order valence-corrected chi connectivity index (χ0v) is 12.0. The molecular formula is C16H24N2O. The van der Waals surface area contributed by atoms with E-state index in [0.717, 1.165) is 18.8 Å². The number of nitrogens with zero attached hydrogens (tertiary/aromatic N) is 1. The second kappa shape index (κ2) is 4.80. The summed E-state index contributed by atoms with van der Waals surface area (Å²) in [5, 5.41) is 0. The number of hydrogen-bond donors (Lipinski definition) is 1. The van der Waals surface area contributed by atoms with Crippen molar-refractivity contribution in [1.82, 2.24) is 4.90 Å². The summed E-state index contributed by atoms with van der Waals surface area (Å²) < 4.78 is 5.97.